The minimum absolute atomic E-state index is 0. The van der Waals surface area contributed by atoms with Gasteiger partial charge in [-0.1, -0.05) is 50.6 Å². The minimum Gasteiger partial charge on any atom is -0.454 e. The summed E-state index contributed by atoms with van der Waals surface area (Å²) in [5.41, 5.74) is 0.669. The van der Waals surface area contributed by atoms with Crippen LogP contribution in [0.15, 0.2) is 30.3 Å². The predicted molar refractivity (Wildman–Crippen MR) is 108 cm³/mol. The number of hydrogen-bond donors (Lipinski definition) is 0. The zero-order valence-electron chi connectivity index (χ0n) is 16.2. The van der Waals surface area contributed by atoms with Crippen LogP contribution >= 0.6 is 12.4 Å². The van der Waals surface area contributed by atoms with E-state index in [4.69, 9.17) is 9.47 Å². The third kappa shape index (κ3) is 6.90. The Kier molecular flexibility index (Phi) is 10.9. The van der Waals surface area contributed by atoms with E-state index in [-0.39, 0.29) is 18.4 Å². The molecule has 0 aliphatic carbocycles. The van der Waals surface area contributed by atoms with E-state index in [0.717, 1.165) is 64.1 Å². The molecule has 5 heteroatoms. The Balaban J connectivity index is 0.00000338. The van der Waals surface area contributed by atoms with Crippen LogP contribution in [0.4, 0.5) is 0 Å². The molecule has 148 valence electrons. The summed E-state index contributed by atoms with van der Waals surface area (Å²) < 4.78 is 11.6. The van der Waals surface area contributed by atoms with Gasteiger partial charge in [0.25, 0.3) is 0 Å². The molecule has 1 aliphatic heterocycles. The Hall–Kier alpha value is -1.10. The second-order valence-electron chi connectivity index (χ2n) is 6.85. The van der Waals surface area contributed by atoms with Gasteiger partial charge >= 0.3 is 5.97 Å². The van der Waals surface area contributed by atoms with Crippen LogP contribution in [0.1, 0.15) is 57.9 Å². The second kappa shape index (κ2) is 12.3. The summed E-state index contributed by atoms with van der Waals surface area (Å²) >= 11 is 0. The number of piperidine rings is 1. The molecule has 1 saturated heterocycles. The molecule has 4 nitrogen and oxygen atoms in total. The molecular weight excluding hydrogens is 350 g/mol. The molecule has 26 heavy (non-hydrogen) atoms. The van der Waals surface area contributed by atoms with E-state index in [9.17, 15) is 4.79 Å². The van der Waals surface area contributed by atoms with E-state index in [1.165, 1.54) is 6.42 Å². The van der Waals surface area contributed by atoms with Crippen molar-refractivity contribution in [1.82, 2.24) is 4.90 Å². The predicted octanol–water partition coefficient (Wildman–Crippen LogP) is 4.56. The number of likely N-dealkylation sites (tertiary alicyclic amines) is 1. The quantitative estimate of drug-likeness (QED) is 0.438. The van der Waals surface area contributed by atoms with Crippen molar-refractivity contribution in [2.24, 2.45) is 0 Å². The molecule has 0 unspecified atom stereocenters. The summed E-state index contributed by atoms with van der Waals surface area (Å²) in [7, 11) is 0. The van der Waals surface area contributed by atoms with E-state index in [1.54, 1.807) is 0 Å². The van der Waals surface area contributed by atoms with Crippen LogP contribution in [0.2, 0.25) is 0 Å². The molecule has 0 amide bonds. The summed E-state index contributed by atoms with van der Waals surface area (Å²) in [5.74, 6) is -0.110. The molecule has 0 aromatic heterocycles. The van der Waals surface area contributed by atoms with E-state index in [0.29, 0.717) is 6.42 Å². The van der Waals surface area contributed by atoms with E-state index in [1.807, 2.05) is 25.1 Å². The SMILES string of the molecule is CCCCOCCCN1CCC(OC(=O)CC)(c2ccccc2)CC1.Cl. The van der Waals surface area contributed by atoms with Crippen molar-refractivity contribution in [3.8, 4) is 0 Å². The van der Waals surface area contributed by atoms with E-state index < -0.39 is 5.60 Å². The first-order chi connectivity index (χ1) is 12.2. The van der Waals surface area contributed by atoms with Gasteiger partial charge in [0.2, 0.25) is 0 Å². The van der Waals surface area contributed by atoms with Crippen molar-refractivity contribution in [2.45, 2.75) is 58.0 Å². The van der Waals surface area contributed by atoms with Gasteiger partial charge in [-0.3, -0.25) is 4.79 Å². The van der Waals surface area contributed by atoms with E-state index in [2.05, 4.69) is 24.0 Å². The molecule has 1 aliphatic rings. The van der Waals surface area contributed by atoms with Gasteiger partial charge in [-0.15, -0.1) is 12.4 Å². The summed E-state index contributed by atoms with van der Waals surface area (Å²) in [5, 5.41) is 0. The van der Waals surface area contributed by atoms with Crippen molar-refractivity contribution >= 4 is 18.4 Å². The average molecular weight is 384 g/mol. The maximum Gasteiger partial charge on any atom is 0.306 e. The monoisotopic (exact) mass is 383 g/mol. The molecule has 0 radical (unpaired) electrons. The summed E-state index contributed by atoms with van der Waals surface area (Å²) in [6, 6.07) is 10.2. The average Bonchev–Trinajstić information content (AvgIpc) is 2.66. The number of carbonyl (C=O) groups is 1. The van der Waals surface area contributed by atoms with E-state index >= 15 is 0 Å². The van der Waals surface area contributed by atoms with Gasteiger partial charge in [0.05, 0.1) is 0 Å². The van der Waals surface area contributed by atoms with Crippen molar-refractivity contribution in [3.05, 3.63) is 35.9 Å². The Morgan fingerprint density at radius 3 is 2.35 bits per heavy atom. The first-order valence-corrected chi connectivity index (χ1v) is 9.77. The molecule has 0 saturated carbocycles. The molecular formula is C21H34ClNO3. The number of benzene rings is 1. The number of halogens is 1. The van der Waals surface area contributed by atoms with Crippen molar-refractivity contribution in [1.29, 1.82) is 0 Å². The molecule has 0 N–H and O–H groups in total. The third-order valence-electron chi connectivity index (χ3n) is 4.97. The van der Waals surface area contributed by atoms with Crippen LogP contribution in [0.5, 0.6) is 0 Å². The Morgan fingerprint density at radius 1 is 1.08 bits per heavy atom. The molecule has 0 atom stereocenters. The van der Waals surface area contributed by atoms with Gasteiger partial charge in [0, 0.05) is 52.1 Å². The lowest BCUT2D eigenvalue weighted by Crippen LogP contribution is -2.45. The van der Waals surface area contributed by atoms with Gasteiger partial charge in [0.15, 0.2) is 0 Å². The molecule has 1 heterocycles. The highest BCUT2D eigenvalue weighted by Gasteiger charge is 2.39. The molecule has 1 aromatic rings. The lowest BCUT2D eigenvalue weighted by molar-refractivity contribution is -0.166. The van der Waals surface area contributed by atoms with Crippen molar-refractivity contribution in [2.75, 3.05) is 32.8 Å². The Bertz CT molecular complexity index is 501. The molecule has 1 aromatic carbocycles. The smallest absolute Gasteiger partial charge is 0.306 e. The maximum absolute atomic E-state index is 12.0. The molecule has 1 fully saturated rings. The largest absolute Gasteiger partial charge is 0.454 e. The third-order valence-corrected chi connectivity index (χ3v) is 4.97. The van der Waals surface area contributed by atoms with Gasteiger partial charge in [-0.25, -0.2) is 0 Å². The van der Waals surface area contributed by atoms with Crippen molar-refractivity contribution < 1.29 is 14.3 Å². The highest BCUT2D eigenvalue weighted by molar-refractivity contribution is 5.85. The van der Waals surface area contributed by atoms with Crippen LogP contribution in [0.3, 0.4) is 0 Å². The topological polar surface area (TPSA) is 38.8 Å². The second-order valence-corrected chi connectivity index (χ2v) is 6.85. The highest BCUT2D eigenvalue weighted by Crippen LogP contribution is 2.37. The van der Waals surface area contributed by atoms with Crippen LogP contribution in [0, 0.1) is 0 Å². The standard InChI is InChI=1S/C21H33NO3.ClH/c1-3-5-17-24-18-9-14-22-15-12-21(13-16-22,25-20(23)4-2)19-10-7-6-8-11-19;/h6-8,10-11H,3-5,9,12-18H2,1-2H3;1H. The highest BCUT2D eigenvalue weighted by atomic mass is 35.5. The first-order valence-electron chi connectivity index (χ1n) is 9.77. The van der Waals surface area contributed by atoms with Crippen LogP contribution in [-0.2, 0) is 19.9 Å². The van der Waals surface area contributed by atoms with Crippen LogP contribution in [0.25, 0.3) is 0 Å². The lowest BCUT2D eigenvalue weighted by atomic mass is 9.84. The minimum atomic E-state index is -0.456. The van der Waals surface area contributed by atoms with Crippen LogP contribution in [-0.4, -0.2) is 43.7 Å². The number of esters is 1. The van der Waals surface area contributed by atoms with Crippen molar-refractivity contribution in [3.63, 3.8) is 0 Å². The molecule has 2 rings (SSSR count). The number of carbonyl (C=O) groups excluding carboxylic acids is 1. The molecule has 0 bridgehead atoms. The Morgan fingerprint density at radius 2 is 1.73 bits per heavy atom. The summed E-state index contributed by atoms with van der Waals surface area (Å²) in [6.07, 6.45) is 5.54. The van der Waals surface area contributed by atoms with Crippen LogP contribution < -0.4 is 0 Å². The summed E-state index contributed by atoms with van der Waals surface area (Å²) in [6.45, 7) is 8.72. The fraction of sp³-hybridized carbons (Fsp3) is 0.667. The normalized spacial score (nSPS) is 16.7. The van der Waals surface area contributed by atoms with Gasteiger partial charge in [-0.2, -0.15) is 0 Å². The number of nitrogens with zero attached hydrogens (tertiary/aromatic N) is 1. The number of rotatable bonds is 10. The number of unbranched alkanes of at least 4 members (excludes halogenated alkanes) is 1. The fourth-order valence-corrected chi connectivity index (χ4v) is 3.36. The number of ether oxygens (including phenoxy) is 2. The first kappa shape index (κ1) is 22.9. The fourth-order valence-electron chi connectivity index (χ4n) is 3.36. The Labute approximate surface area is 164 Å². The van der Waals surface area contributed by atoms with Gasteiger partial charge in [0.1, 0.15) is 5.60 Å². The zero-order chi connectivity index (χ0) is 18.0. The number of hydrogen-bond acceptors (Lipinski definition) is 4. The lowest BCUT2D eigenvalue weighted by Gasteiger charge is -2.41. The maximum atomic E-state index is 12.0. The van der Waals surface area contributed by atoms with Gasteiger partial charge < -0.3 is 14.4 Å². The van der Waals surface area contributed by atoms with Gasteiger partial charge in [-0.05, 0) is 18.4 Å². The molecule has 0 spiro atoms. The summed E-state index contributed by atoms with van der Waals surface area (Å²) in [4.78, 5) is 14.4. The zero-order valence-corrected chi connectivity index (χ0v) is 17.1.